The lowest BCUT2D eigenvalue weighted by atomic mass is 10.1. The molecule has 0 aliphatic carbocycles. The second kappa shape index (κ2) is 6.42. The first-order valence-corrected chi connectivity index (χ1v) is 6.95. The van der Waals surface area contributed by atoms with E-state index in [-0.39, 0.29) is 6.61 Å². The molecule has 0 saturated carbocycles. The molecule has 3 heteroatoms. The van der Waals surface area contributed by atoms with Gasteiger partial charge in [-0.1, -0.05) is 24.0 Å². The van der Waals surface area contributed by atoms with E-state index in [0.717, 1.165) is 16.2 Å². The minimum atomic E-state index is -0.107. The van der Waals surface area contributed by atoms with Crippen molar-refractivity contribution in [2.45, 2.75) is 20.5 Å². The molecular formula is C16H16O2S. The van der Waals surface area contributed by atoms with E-state index < -0.39 is 0 Å². The maximum absolute atomic E-state index is 8.65. The molecule has 1 aromatic carbocycles. The van der Waals surface area contributed by atoms with Gasteiger partial charge in [-0.3, -0.25) is 0 Å². The summed E-state index contributed by atoms with van der Waals surface area (Å²) in [5, 5.41) is 10.6. The third kappa shape index (κ3) is 3.60. The Morgan fingerprint density at radius 3 is 2.95 bits per heavy atom. The molecule has 0 fully saturated rings. The van der Waals surface area contributed by atoms with E-state index in [4.69, 9.17) is 9.84 Å². The SMILES string of the molecule is Cc1cccc(OCc2cc(C#CCO)cs2)c1C. The normalized spacial score (nSPS) is 9.84. The monoisotopic (exact) mass is 272 g/mol. The van der Waals surface area contributed by atoms with Crippen LogP contribution in [0, 0.1) is 25.7 Å². The van der Waals surface area contributed by atoms with E-state index >= 15 is 0 Å². The van der Waals surface area contributed by atoms with E-state index in [1.54, 1.807) is 11.3 Å². The van der Waals surface area contributed by atoms with Gasteiger partial charge in [0.1, 0.15) is 19.0 Å². The number of hydrogen-bond acceptors (Lipinski definition) is 3. The predicted molar refractivity (Wildman–Crippen MR) is 78.5 cm³/mol. The van der Waals surface area contributed by atoms with E-state index in [2.05, 4.69) is 31.8 Å². The fourth-order valence-electron chi connectivity index (χ4n) is 1.69. The van der Waals surface area contributed by atoms with E-state index in [1.165, 1.54) is 11.1 Å². The van der Waals surface area contributed by atoms with Gasteiger partial charge in [0.15, 0.2) is 0 Å². The van der Waals surface area contributed by atoms with E-state index in [1.807, 2.05) is 23.6 Å². The highest BCUT2D eigenvalue weighted by atomic mass is 32.1. The Bertz CT molecular complexity index is 617. The van der Waals surface area contributed by atoms with Crippen LogP contribution < -0.4 is 4.74 Å². The second-order valence-electron chi connectivity index (χ2n) is 4.25. The molecule has 0 amide bonds. The van der Waals surface area contributed by atoms with Crippen LogP contribution in [-0.4, -0.2) is 11.7 Å². The molecule has 0 radical (unpaired) electrons. The van der Waals surface area contributed by atoms with Crippen molar-refractivity contribution in [1.82, 2.24) is 0 Å². The molecule has 1 aromatic heterocycles. The van der Waals surface area contributed by atoms with Crippen LogP contribution >= 0.6 is 11.3 Å². The second-order valence-corrected chi connectivity index (χ2v) is 5.24. The first-order valence-electron chi connectivity index (χ1n) is 6.07. The molecule has 0 aliphatic rings. The first kappa shape index (κ1) is 13.7. The Labute approximate surface area is 117 Å². The summed E-state index contributed by atoms with van der Waals surface area (Å²) in [6.07, 6.45) is 0. The number of aliphatic hydroxyl groups excluding tert-OH is 1. The van der Waals surface area contributed by atoms with Gasteiger partial charge < -0.3 is 9.84 Å². The van der Waals surface area contributed by atoms with E-state index in [0.29, 0.717) is 6.61 Å². The van der Waals surface area contributed by atoms with Crippen molar-refractivity contribution in [1.29, 1.82) is 0 Å². The molecule has 0 bridgehead atoms. The van der Waals surface area contributed by atoms with Gasteiger partial charge in [-0.15, -0.1) is 11.3 Å². The van der Waals surface area contributed by atoms with Gasteiger partial charge in [-0.25, -0.2) is 0 Å². The van der Waals surface area contributed by atoms with Gasteiger partial charge in [-0.05, 0) is 37.1 Å². The van der Waals surface area contributed by atoms with Gasteiger partial charge in [0.2, 0.25) is 0 Å². The summed E-state index contributed by atoms with van der Waals surface area (Å²) in [5.74, 6) is 6.46. The summed E-state index contributed by atoms with van der Waals surface area (Å²) in [4.78, 5) is 1.13. The smallest absolute Gasteiger partial charge is 0.123 e. The van der Waals surface area contributed by atoms with Gasteiger partial charge in [-0.2, -0.15) is 0 Å². The summed E-state index contributed by atoms with van der Waals surface area (Å²) in [6, 6.07) is 8.07. The molecule has 2 rings (SSSR count). The fraction of sp³-hybridized carbons (Fsp3) is 0.250. The number of aliphatic hydroxyl groups is 1. The van der Waals surface area contributed by atoms with Crippen LogP contribution in [0.3, 0.4) is 0 Å². The van der Waals surface area contributed by atoms with Gasteiger partial charge in [0, 0.05) is 15.8 Å². The molecule has 2 aromatic rings. The Hall–Kier alpha value is -1.76. The van der Waals surface area contributed by atoms with Gasteiger partial charge in [0.25, 0.3) is 0 Å². The zero-order valence-corrected chi connectivity index (χ0v) is 11.9. The number of hydrogen-bond donors (Lipinski definition) is 1. The predicted octanol–water partition coefficient (Wildman–Crippen LogP) is 3.29. The number of rotatable bonds is 3. The highest BCUT2D eigenvalue weighted by Gasteiger charge is 2.03. The quantitative estimate of drug-likeness (QED) is 0.869. The van der Waals surface area contributed by atoms with Crippen LogP contribution in [-0.2, 0) is 6.61 Å². The summed E-state index contributed by atoms with van der Waals surface area (Å²) in [6.45, 7) is 4.59. The summed E-state index contributed by atoms with van der Waals surface area (Å²) in [7, 11) is 0. The Balaban J connectivity index is 2.02. The standard InChI is InChI=1S/C16H16O2S/c1-12-5-3-7-16(13(12)2)18-10-15-9-14(11-19-15)6-4-8-17/h3,5,7,9,11,17H,8,10H2,1-2H3. The van der Waals surface area contributed by atoms with Crippen molar-refractivity contribution >= 4 is 11.3 Å². The average Bonchev–Trinajstić information content (AvgIpc) is 2.86. The van der Waals surface area contributed by atoms with Crippen LogP contribution in [0.15, 0.2) is 29.6 Å². The molecular weight excluding hydrogens is 256 g/mol. The number of aryl methyl sites for hydroxylation is 1. The van der Waals surface area contributed by atoms with Crippen LogP contribution in [0.5, 0.6) is 5.75 Å². The average molecular weight is 272 g/mol. The molecule has 0 atom stereocenters. The van der Waals surface area contributed by atoms with Crippen molar-refractivity contribution in [2.24, 2.45) is 0 Å². The van der Waals surface area contributed by atoms with Crippen LogP contribution in [0.25, 0.3) is 0 Å². The topological polar surface area (TPSA) is 29.5 Å². The largest absolute Gasteiger partial charge is 0.488 e. The van der Waals surface area contributed by atoms with Gasteiger partial charge in [0.05, 0.1) is 0 Å². The number of ether oxygens (including phenoxy) is 1. The fourth-order valence-corrected chi connectivity index (χ4v) is 2.42. The first-order chi connectivity index (χ1) is 9.20. The molecule has 1 heterocycles. The Morgan fingerprint density at radius 2 is 2.16 bits per heavy atom. The van der Waals surface area contributed by atoms with Crippen molar-refractivity contribution in [2.75, 3.05) is 6.61 Å². The lowest BCUT2D eigenvalue weighted by Crippen LogP contribution is -1.96. The van der Waals surface area contributed by atoms with Gasteiger partial charge >= 0.3 is 0 Å². The zero-order chi connectivity index (χ0) is 13.7. The van der Waals surface area contributed by atoms with Crippen LogP contribution in [0.1, 0.15) is 21.6 Å². The summed E-state index contributed by atoms with van der Waals surface area (Å²) in [5.41, 5.74) is 3.34. The van der Waals surface area contributed by atoms with Crippen LogP contribution in [0.2, 0.25) is 0 Å². The summed E-state index contributed by atoms with van der Waals surface area (Å²) >= 11 is 1.62. The third-order valence-corrected chi connectivity index (χ3v) is 3.80. The number of thiophene rings is 1. The zero-order valence-electron chi connectivity index (χ0n) is 11.1. The van der Waals surface area contributed by atoms with Crippen molar-refractivity contribution in [3.63, 3.8) is 0 Å². The number of benzene rings is 1. The molecule has 2 nitrogen and oxygen atoms in total. The highest BCUT2D eigenvalue weighted by molar-refractivity contribution is 7.10. The maximum atomic E-state index is 8.65. The molecule has 98 valence electrons. The molecule has 19 heavy (non-hydrogen) atoms. The van der Waals surface area contributed by atoms with Crippen molar-refractivity contribution in [3.05, 3.63) is 51.2 Å². The molecule has 0 unspecified atom stereocenters. The maximum Gasteiger partial charge on any atom is 0.123 e. The lowest BCUT2D eigenvalue weighted by Gasteiger charge is -2.09. The van der Waals surface area contributed by atoms with Crippen molar-refractivity contribution < 1.29 is 9.84 Å². The highest BCUT2D eigenvalue weighted by Crippen LogP contribution is 2.23. The minimum absolute atomic E-state index is 0.107. The van der Waals surface area contributed by atoms with E-state index in [9.17, 15) is 0 Å². The Kier molecular flexibility index (Phi) is 4.62. The summed E-state index contributed by atoms with van der Waals surface area (Å²) < 4.78 is 5.83. The molecule has 1 N–H and O–H groups in total. The minimum Gasteiger partial charge on any atom is -0.488 e. The molecule has 0 saturated heterocycles. The third-order valence-electron chi connectivity index (χ3n) is 2.89. The van der Waals surface area contributed by atoms with Crippen LogP contribution in [0.4, 0.5) is 0 Å². The Morgan fingerprint density at radius 1 is 1.32 bits per heavy atom. The van der Waals surface area contributed by atoms with Crippen molar-refractivity contribution in [3.8, 4) is 17.6 Å². The molecule has 0 spiro atoms. The lowest BCUT2D eigenvalue weighted by molar-refractivity contribution is 0.307. The molecule has 0 aliphatic heterocycles.